The predicted molar refractivity (Wildman–Crippen MR) is 111 cm³/mol. The SMILES string of the molecule is CS(=N)(=O)c1cccc(COc2cc3ncnc(NCCN)c3cc2Br)c1. The van der Waals surface area contributed by atoms with E-state index in [2.05, 4.69) is 31.2 Å². The van der Waals surface area contributed by atoms with E-state index in [1.54, 1.807) is 18.2 Å². The van der Waals surface area contributed by atoms with Gasteiger partial charge in [0.25, 0.3) is 0 Å². The first-order valence-electron chi connectivity index (χ1n) is 8.22. The summed E-state index contributed by atoms with van der Waals surface area (Å²) in [5, 5.41) is 4.05. The molecule has 4 N–H and O–H groups in total. The number of ether oxygens (including phenoxy) is 1. The number of hydrogen-bond acceptors (Lipinski definition) is 7. The number of benzene rings is 2. The first-order valence-corrected chi connectivity index (χ1v) is 11.0. The topological polar surface area (TPSA) is 114 Å². The molecular formula is C18H20BrN5O2S. The Morgan fingerprint density at radius 2 is 2.11 bits per heavy atom. The van der Waals surface area contributed by atoms with Gasteiger partial charge in [0.1, 0.15) is 24.5 Å². The van der Waals surface area contributed by atoms with E-state index in [1.807, 2.05) is 18.2 Å². The zero-order chi connectivity index (χ0) is 19.4. The van der Waals surface area contributed by atoms with Gasteiger partial charge in [0.05, 0.1) is 19.7 Å². The van der Waals surface area contributed by atoms with Crippen LogP contribution in [-0.4, -0.2) is 33.5 Å². The summed E-state index contributed by atoms with van der Waals surface area (Å²) in [6, 6.07) is 10.8. The maximum Gasteiger partial charge on any atom is 0.137 e. The van der Waals surface area contributed by atoms with Crippen LogP contribution in [0.3, 0.4) is 0 Å². The first kappa shape index (κ1) is 19.5. The minimum absolute atomic E-state index is 0.289. The Labute approximate surface area is 166 Å². The van der Waals surface area contributed by atoms with Crippen molar-refractivity contribution in [1.29, 1.82) is 4.78 Å². The minimum atomic E-state index is -2.76. The van der Waals surface area contributed by atoms with Crippen LogP contribution in [0.25, 0.3) is 10.9 Å². The fourth-order valence-electron chi connectivity index (χ4n) is 2.54. The summed E-state index contributed by atoms with van der Waals surface area (Å²) in [6.07, 6.45) is 2.90. The summed E-state index contributed by atoms with van der Waals surface area (Å²) in [5.74, 6) is 1.36. The van der Waals surface area contributed by atoms with Gasteiger partial charge in [-0.25, -0.2) is 19.0 Å². The van der Waals surface area contributed by atoms with E-state index in [0.717, 1.165) is 26.8 Å². The molecule has 0 bridgehead atoms. The van der Waals surface area contributed by atoms with Crippen molar-refractivity contribution in [2.24, 2.45) is 5.73 Å². The molecule has 0 radical (unpaired) electrons. The van der Waals surface area contributed by atoms with Gasteiger partial charge < -0.3 is 15.8 Å². The zero-order valence-electron chi connectivity index (χ0n) is 14.7. The number of halogens is 1. The summed E-state index contributed by atoms with van der Waals surface area (Å²) < 4.78 is 26.3. The summed E-state index contributed by atoms with van der Waals surface area (Å²) in [6.45, 7) is 1.42. The molecule has 142 valence electrons. The third-order valence-electron chi connectivity index (χ3n) is 3.87. The van der Waals surface area contributed by atoms with E-state index >= 15 is 0 Å². The molecule has 0 fully saturated rings. The maximum absolute atomic E-state index is 11.9. The van der Waals surface area contributed by atoms with Gasteiger partial charge in [-0.15, -0.1) is 0 Å². The fraction of sp³-hybridized carbons (Fsp3) is 0.222. The molecule has 27 heavy (non-hydrogen) atoms. The number of aromatic nitrogens is 2. The average Bonchev–Trinajstić information content (AvgIpc) is 2.64. The number of rotatable bonds is 7. The molecule has 0 spiro atoms. The number of fused-ring (bicyclic) bond motifs is 1. The Balaban J connectivity index is 1.85. The van der Waals surface area contributed by atoms with Crippen LogP contribution < -0.4 is 15.8 Å². The number of nitrogens with one attached hydrogen (secondary N) is 2. The van der Waals surface area contributed by atoms with Crippen molar-refractivity contribution in [1.82, 2.24) is 9.97 Å². The lowest BCUT2D eigenvalue weighted by molar-refractivity contribution is 0.304. The fourth-order valence-corrected chi connectivity index (χ4v) is 3.71. The number of anilines is 1. The van der Waals surface area contributed by atoms with Crippen molar-refractivity contribution >= 4 is 42.4 Å². The molecule has 3 rings (SSSR count). The highest BCUT2D eigenvalue weighted by Gasteiger charge is 2.10. The Bertz CT molecular complexity index is 1070. The maximum atomic E-state index is 11.9. The second-order valence-electron chi connectivity index (χ2n) is 6.02. The van der Waals surface area contributed by atoms with E-state index in [9.17, 15) is 4.21 Å². The van der Waals surface area contributed by atoms with Crippen molar-refractivity contribution in [2.75, 3.05) is 24.7 Å². The summed E-state index contributed by atoms with van der Waals surface area (Å²) >= 11 is 3.53. The highest BCUT2D eigenvalue weighted by Crippen LogP contribution is 2.32. The normalized spacial score (nSPS) is 13.3. The second kappa shape index (κ2) is 8.20. The average molecular weight is 450 g/mol. The van der Waals surface area contributed by atoms with E-state index < -0.39 is 9.73 Å². The predicted octanol–water partition coefficient (Wildman–Crippen LogP) is 3.38. The van der Waals surface area contributed by atoms with Gasteiger partial charge in [-0.3, -0.25) is 0 Å². The molecule has 2 aromatic carbocycles. The summed E-state index contributed by atoms with van der Waals surface area (Å²) in [7, 11) is -2.76. The second-order valence-corrected chi connectivity index (χ2v) is 9.03. The van der Waals surface area contributed by atoms with Gasteiger partial charge in [-0.1, -0.05) is 12.1 Å². The molecule has 1 atom stereocenters. The monoisotopic (exact) mass is 449 g/mol. The molecule has 0 aliphatic rings. The molecule has 0 aliphatic carbocycles. The number of nitrogens with two attached hydrogens (primary N) is 1. The van der Waals surface area contributed by atoms with Crippen LogP contribution in [0.5, 0.6) is 5.75 Å². The molecule has 9 heteroatoms. The van der Waals surface area contributed by atoms with Gasteiger partial charge in [-0.2, -0.15) is 0 Å². The Hall–Kier alpha value is -2.23. The molecular weight excluding hydrogens is 430 g/mol. The lowest BCUT2D eigenvalue weighted by Gasteiger charge is -2.12. The highest BCUT2D eigenvalue weighted by atomic mass is 79.9. The lowest BCUT2D eigenvalue weighted by atomic mass is 10.2. The largest absolute Gasteiger partial charge is 0.488 e. The van der Waals surface area contributed by atoms with Crippen LogP contribution >= 0.6 is 15.9 Å². The van der Waals surface area contributed by atoms with E-state index in [4.69, 9.17) is 15.3 Å². The molecule has 1 unspecified atom stereocenters. The Morgan fingerprint density at radius 1 is 1.30 bits per heavy atom. The third kappa shape index (κ3) is 4.74. The van der Waals surface area contributed by atoms with Crippen LogP contribution in [0.15, 0.2) is 52.1 Å². The number of hydrogen-bond donors (Lipinski definition) is 3. The molecule has 0 saturated carbocycles. The summed E-state index contributed by atoms with van der Waals surface area (Å²) in [4.78, 5) is 9.05. The molecule has 1 aromatic heterocycles. The van der Waals surface area contributed by atoms with Crippen molar-refractivity contribution in [3.8, 4) is 5.75 Å². The molecule has 1 heterocycles. The van der Waals surface area contributed by atoms with Crippen molar-refractivity contribution in [2.45, 2.75) is 11.5 Å². The highest BCUT2D eigenvalue weighted by molar-refractivity contribution is 9.10. The lowest BCUT2D eigenvalue weighted by Crippen LogP contribution is -2.14. The van der Waals surface area contributed by atoms with Crippen molar-refractivity contribution in [3.05, 3.63) is 52.8 Å². The Morgan fingerprint density at radius 3 is 2.85 bits per heavy atom. The van der Waals surface area contributed by atoms with Gasteiger partial charge >= 0.3 is 0 Å². The van der Waals surface area contributed by atoms with E-state index in [1.165, 1.54) is 12.6 Å². The van der Waals surface area contributed by atoms with Crippen LogP contribution in [0.4, 0.5) is 5.82 Å². The molecule has 3 aromatic rings. The molecule has 0 saturated heterocycles. The van der Waals surface area contributed by atoms with E-state index in [0.29, 0.717) is 23.7 Å². The summed E-state index contributed by atoms with van der Waals surface area (Å²) in [5.41, 5.74) is 7.13. The van der Waals surface area contributed by atoms with Gasteiger partial charge in [0.2, 0.25) is 0 Å². The smallest absolute Gasteiger partial charge is 0.137 e. The van der Waals surface area contributed by atoms with Gasteiger partial charge in [0, 0.05) is 35.7 Å². The van der Waals surface area contributed by atoms with E-state index in [-0.39, 0.29) is 6.61 Å². The van der Waals surface area contributed by atoms with Gasteiger partial charge in [-0.05, 0) is 39.7 Å². The molecule has 0 amide bonds. The molecule has 0 aliphatic heterocycles. The standard InChI is InChI=1S/C18H20BrN5O2S/c1-27(21,25)13-4-2-3-12(7-13)10-26-17-9-16-14(8-15(17)19)18(22-6-5-20)24-11-23-16/h2-4,7-9,11,21H,5-6,10,20H2,1H3,(H,22,23,24). The van der Waals surface area contributed by atoms with Crippen molar-refractivity contribution < 1.29 is 8.95 Å². The zero-order valence-corrected chi connectivity index (χ0v) is 17.1. The first-order chi connectivity index (χ1) is 12.9. The molecule has 7 nitrogen and oxygen atoms in total. The van der Waals surface area contributed by atoms with Crippen molar-refractivity contribution in [3.63, 3.8) is 0 Å². The third-order valence-corrected chi connectivity index (χ3v) is 5.64. The minimum Gasteiger partial charge on any atom is -0.488 e. The van der Waals surface area contributed by atoms with Crippen LogP contribution in [0.2, 0.25) is 0 Å². The van der Waals surface area contributed by atoms with Crippen LogP contribution in [0, 0.1) is 4.78 Å². The van der Waals surface area contributed by atoms with Crippen LogP contribution in [-0.2, 0) is 16.3 Å². The van der Waals surface area contributed by atoms with Gasteiger partial charge in [0.15, 0.2) is 0 Å². The quantitative estimate of drug-likeness (QED) is 0.509. The van der Waals surface area contributed by atoms with Crippen LogP contribution in [0.1, 0.15) is 5.56 Å². The Kier molecular flexibility index (Phi) is 5.93. The number of nitrogens with zero attached hydrogens (tertiary/aromatic N) is 2.